The van der Waals surface area contributed by atoms with Crippen LogP contribution in [0.3, 0.4) is 0 Å². The zero-order valence-corrected chi connectivity index (χ0v) is 24.2. The van der Waals surface area contributed by atoms with Gasteiger partial charge in [0.25, 0.3) is 11.8 Å². The normalized spacial score (nSPS) is 23.0. The van der Waals surface area contributed by atoms with E-state index in [1.165, 1.54) is 12.8 Å². The Morgan fingerprint density at radius 2 is 1.81 bits per heavy atom. The van der Waals surface area contributed by atoms with Crippen LogP contribution in [0.5, 0.6) is 17.2 Å². The van der Waals surface area contributed by atoms with E-state index < -0.39 is 12.1 Å². The van der Waals surface area contributed by atoms with E-state index in [1.54, 1.807) is 23.1 Å². The molecular weight excluding hydrogens is 536 g/mol. The predicted molar refractivity (Wildman–Crippen MR) is 156 cm³/mol. The Bertz CT molecular complexity index is 1290. The number of nitrogens with one attached hydrogen (secondary N) is 2. The molecule has 42 heavy (non-hydrogen) atoms. The van der Waals surface area contributed by atoms with Crippen LogP contribution in [0.4, 0.5) is 0 Å². The third-order valence-corrected chi connectivity index (χ3v) is 8.66. The third-order valence-electron chi connectivity index (χ3n) is 8.66. The lowest BCUT2D eigenvalue weighted by Gasteiger charge is -2.26. The van der Waals surface area contributed by atoms with Gasteiger partial charge in [0.15, 0.2) is 6.61 Å². The molecule has 10 heteroatoms. The topological polar surface area (TPSA) is 109 Å². The molecule has 2 aromatic carbocycles. The van der Waals surface area contributed by atoms with Crippen LogP contribution >= 0.6 is 0 Å². The number of likely N-dealkylation sites (tertiary alicyclic amines) is 1. The lowest BCUT2D eigenvalue weighted by molar-refractivity contribution is -0.131. The smallest absolute Gasteiger partial charge is 0.258 e. The van der Waals surface area contributed by atoms with Crippen molar-refractivity contribution in [3.63, 3.8) is 0 Å². The number of benzene rings is 2. The molecule has 3 heterocycles. The van der Waals surface area contributed by atoms with E-state index in [9.17, 15) is 14.4 Å². The average Bonchev–Trinajstić information content (AvgIpc) is 3.48. The second kappa shape index (κ2) is 12.6. The zero-order chi connectivity index (χ0) is 29.1. The van der Waals surface area contributed by atoms with Crippen molar-refractivity contribution in [2.24, 2.45) is 5.92 Å². The maximum Gasteiger partial charge on any atom is 0.258 e. The molecule has 0 spiro atoms. The maximum atomic E-state index is 13.6. The fourth-order valence-corrected chi connectivity index (χ4v) is 5.90. The number of likely N-dealkylation sites (N-methyl/N-ethyl adjacent to an activating group) is 1. The molecular formula is C32H40N4O6. The van der Waals surface area contributed by atoms with Gasteiger partial charge in [-0.15, -0.1) is 0 Å². The van der Waals surface area contributed by atoms with Crippen LogP contribution in [0.2, 0.25) is 0 Å². The fraction of sp³-hybridized carbons (Fsp3) is 0.531. The number of fused-ring (bicyclic) bond motifs is 7. The molecule has 224 valence electrons. The first kappa shape index (κ1) is 28.3. The molecule has 2 N–H and O–H groups in total. The highest BCUT2D eigenvalue weighted by Crippen LogP contribution is 2.31. The highest BCUT2D eigenvalue weighted by atomic mass is 16.5. The SMILES string of the molecule is CN(CC(=O)N1C[C@@H]2NC(=O)c3cc(cc(OCC4CC4)c3)OCC(=O)NCc3ccc(cc3)O[C@H]2C1)C1CCCC1. The molecule has 4 bridgehead atoms. The van der Waals surface area contributed by atoms with E-state index in [0.29, 0.717) is 67.6 Å². The van der Waals surface area contributed by atoms with E-state index in [4.69, 9.17) is 14.2 Å². The average molecular weight is 577 g/mol. The highest BCUT2D eigenvalue weighted by molar-refractivity contribution is 5.95. The van der Waals surface area contributed by atoms with Gasteiger partial charge < -0.3 is 29.7 Å². The first-order chi connectivity index (χ1) is 20.4. The summed E-state index contributed by atoms with van der Waals surface area (Å²) in [6, 6.07) is 12.5. The maximum absolute atomic E-state index is 13.6. The van der Waals surface area contributed by atoms with Crippen molar-refractivity contribution in [1.82, 2.24) is 20.4 Å². The molecule has 3 amide bonds. The van der Waals surface area contributed by atoms with E-state index in [1.807, 2.05) is 31.3 Å². The van der Waals surface area contributed by atoms with Crippen molar-refractivity contribution in [1.29, 1.82) is 0 Å². The first-order valence-electron chi connectivity index (χ1n) is 15.1. The molecule has 0 aromatic heterocycles. The Morgan fingerprint density at radius 1 is 1.02 bits per heavy atom. The number of carbonyl (C=O) groups excluding carboxylic acids is 3. The molecule has 2 aliphatic carbocycles. The number of carbonyl (C=O) groups is 3. The Labute approximate surface area is 246 Å². The quantitative estimate of drug-likeness (QED) is 0.544. The number of ether oxygens (including phenoxy) is 3. The summed E-state index contributed by atoms with van der Waals surface area (Å²) in [7, 11) is 2.02. The summed E-state index contributed by atoms with van der Waals surface area (Å²) in [6.45, 7) is 1.81. The van der Waals surface area contributed by atoms with Gasteiger partial charge in [-0.25, -0.2) is 0 Å². The van der Waals surface area contributed by atoms with Crippen molar-refractivity contribution in [3.05, 3.63) is 53.6 Å². The largest absolute Gasteiger partial charge is 0.493 e. The van der Waals surface area contributed by atoms with Crippen LogP contribution in [-0.2, 0) is 16.1 Å². The zero-order valence-electron chi connectivity index (χ0n) is 24.2. The van der Waals surface area contributed by atoms with Crippen molar-refractivity contribution in [2.75, 3.05) is 39.9 Å². The van der Waals surface area contributed by atoms with Gasteiger partial charge in [0, 0.05) is 30.8 Å². The molecule has 3 fully saturated rings. The summed E-state index contributed by atoms with van der Waals surface area (Å²) >= 11 is 0. The van der Waals surface area contributed by atoms with Crippen LogP contribution in [0.1, 0.15) is 54.4 Å². The first-order valence-corrected chi connectivity index (χ1v) is 15.1. The minimum atomic E-state index is -0.430. The Hall–Kier alpha value is -3.79. The van der Waals surface area contributed by atoms with Crippen molar-refractivity contribution in [2.45, 2.75) is 63.3 Å². The van der Waals surface area contributed by atoms with Crippen molar-refractivity contribution < 1.29 is 28.6 Å². The second-order valence-electron chi connectivity index (χ2n) is 12.0. The molecule has 0 unspecified atom stereocenters. The lowest BCUT2D eigenvalue weighted by atomic mass is 10.1. The number of hydrogen-bond acceptors (Lipinski definition) is 7. The number of rotatable bonds is 6. The van der Waals surface area contributed by atoms with Gasteiger partial charge in [-0.05, 0) is 68.5 Å². The van der Waals surface area contributed by atoms with Crippen molar-refractivity contribution in [3.8, 4) is 17.2 Å². The number of hydrogen-bond donors (Lipinski definition) is 2. The molecule has 1 saturated heterocycles. The van der Waals surface area contributed by atoms with Crippen LogP contribution in [-0.4, -0.2) is 85.6 Å². The summed E-state index contributed by atoms with van der Waals surface area (Å²) in [4.78, 5) is 43.4. The molecule has 7 rings (SSSR count). The minimum Gasteiger partial charge on any atom is -0.493 e. The predicted octanol–water partition coefficient (Wildman–Crippen LogP) is 2.75. The van der Waals surface area contributed by atoms with E-state index in [0.717, 1.165) is 31.2 Å². The molecule has 5 aliphatic rings. The summed E-state index contributed by atoms with van der Waals surface area (Å²) in [5.74, 6) is 1.51. The van der Waals surface area contributed by atoms with Gasteiger partial charge in [-0.3, -0.25) is 19.3 Å². The van der Waals surface area contributed by atoms with Gasteiger partial charge >= 0.3 is 0 Å². The van der Waals surface area contributed by atoms with E-state index >= 15 is 0 Å². The molecule has 3 aliphatic heterocycles. The van der Waals surface area contributed by atoms with Gasteiger partial charge in [-0.2, -0.15) is 0 Å². The van der Waals surface area contributed by atoms with Gasteiger partial charge in [0.05, 0.1) is 25.7 Å². The summed E-state index contributed by atoms with van der Waals surface area (Å²) < 4.78 is 18.1. The highest BCUT2D eigenvalue weighted by Gasteiger charge is 2.39. The summed E-state index contributed by atoms with van der Waals surface area (Å²) in [5, 5.41) is 5.98. The molecule has 10 nitrogen and oxygen atoms in total. The van der Waals surface area contributed by atoms with Crippen molar-refractivity contribution >= 4 is 17.7 Å². The number of nitrogens with zero attached hydrogens (tertiary/aromatic N) is 2. The van der Waals surface area contributed by atoms with Crippen LogP contribution in [0, 0.1) is 5.92 Å². The Morgan fingerprint density at radius 3 is 2.57 bits per heavy atom. The van der Waals surface area contributed by atoms with E-state index in [2.05, 4.69) is 15.5 Å². The summed E-state index contributed by atoms with van der Waals surface area (Å²) in [5.41, 5.74) is 1.28. The molecule has 2 aromatic rings. The van der Waals surface area contributed by atoms with Crippen LogP contribution in [0.25, 0.3) is 0 Å². The van der Waals surface area contributed by atoms with Gasteiger partial charge in [0.1, 0.15) is 23.4 Å². The van der Waals surface area contributed by atoms with Gasteiger partial charge in [0.2, 0.25) is 5.91 Å². The molecule has 0 radical (unpaired) electrons. The van der Waals surface area contributed by atoms with Crippen LogP contribution < -0.4 is 24.8 Å². The summed E-state index contributed by atoms with van der Waals surface area (Å²) in [6.07, 6.45) is 6.52. The Balaban J connectivity index is 1.23. The van der Waals surface area contributed by atoms with Gasteiger partial charge in [-0.1, -0.05) is 25.0 Å². The lowest BCUT2D eigenvalue weighted by Crippen LogP contribution is -2.45. The molecule has 2 atom stereocenters. The minimum absolute atomic E-state index is 0.0362. The standard InChI is InChI=1S/C32H40N4O6/c1-35(24-4-2-3-5-24)18-31(38)36-16-28-29(17-36)42-25-10-8-21(9-11-25)15-33-30(37)20-41-27-13-23(32(39)34-28)12-26(14-27)40-19-22-6-7-22/h8-14,22,24,28-29H,2-7,15-20H2,1H3,(H,33,37)(H,34,39)/t28-,29-/m0/s1. The monoisotopic (exact) mass is 576 g/mol. The number of amides is 3. The fourth-order valence-electron chi connectivity index (χ4n) is 5.90. The Kier molecular flexibility index (Phi) is 8.51. The second-order valence-corrected chi connectivity index (χ2v) is 12.0. The van der Waals surface area contributed by atoms with Crippen LogP contribution in [0.15, 0.2) is 42.5 Å². The van der Waals surface area contributed by atoms with E-state index in [-0.39, 0.29) is 24.3 Å². The molecule has 2 saturated carbocycles. The third kappa shape index (κ3) is 7.15.